The number of halogens is 3. The summed E-state index contributed by atoms with van der Waals surface area (Å²) in [5.41, 5.74) is 0. The van der Waals surface area contributed by atoms with Crippen molar-refractivity contribution in [2.45, 2.75) is 19.0 Å². The number of rotatable bonds is 9. The van der Waals surface area contributed by atoms with Gasteiger partial charge in [-0.1, -0.05) is 18.2 Å². The van der Waals surface area contributed by atoms with Crippen molar-refractivity contribution in [2.75, 3.05) is 32.8 Å². The third-order valence-electron chi connectivity index (χ3n) is 2.67. The number of para-hydroxylation sites is 1. The number of hydrogen-bond acceptors (Lipinski definition) is 3. The van der Waals surface area contributed by atoms with E-state index in [0.717, 1.165) is 0 Å². The molecule has 0 aliphatic heterocycles. The summed E-state index contributed by atoms with van der Waals surface area (Å²) in [5.74, 6) is 0.713. The van der Waals surface area contributed by atoms with Crippen LogP contribution in [0.4, 0.5) is 13.2 Å². The van der Waals surface area contributed by atoms with Crippen LogP contribution in [0.3, 0.4) is 0 Å². The Morgan fingerprint density at radius 3 is 2.30 bits per heavy atom. The van der Waals surface area contributed by atoms with Crippen LogP contribution in [-0.2, 0) is 0 Å². The van der Waals surface area contributed by atoms with Crippen molar-refractivity contribution in [3.05, 3.63) is 30.3 Å². The van der Waals surface area contributed by atoms with Crippen LogP contribution in [-0.4, -0.2) is 49.0 Å². The fourth-order valence-corrected chi connectivity index (χ4v) is 1.81. The van der Waals surface area contributed by atoms with Gasteiger partial charge < -0.3 is 9.84 Å². The number of nitrogens with zero attached hydrogens (tertiary/aromatic N) is 1. The van der Waals surface area contributed by atoms with Gasteiger partial charge in [0.15, 0.2) is 0 Å². The van der Waals surface area contributed by atoms with Crippen LogP contribution in [0.1, 0.15) is 12.8 Å². The van der Waals surface area contributed by atoms with Gasteiger partial charge in [0.05, 0.1) is 13.2 Å². The van der Waals surface area contributed by atoms with Gasteiger partial charge >= 0.3 is 6.18 Å². The molecule has 0 fully saturated rings. The third-order valence-corrected chi connectivity index (χ3v) is 2.67. The van der Waals surface area contributed by atoms with Crippen molar-refractivity contribution in [1.29, 1.82) is 0 Å². The first-order chi connectivity index (χ1) is 9.51. The Morgan fingerprint density at radius 1 is 1.05 bits per heavy atom. The van der Waals surface area contributed by atoms with E-state index in [9.17, 15) is 13.2 Å². The summed E-state index contributed by atoms with van der Waals surface area (Å²) in [6, 6.07) is 9.16. The van der Waals surface area contributed by atoms with Gasteiger partial charge in [0.1, 0.15) is 5.75 Å². The summed E-state index contributed by atoms with van der Waals surface area (Å²) in [6.07, 6.45) is -3.36. The van der Waals surface area contributed by atoms with Gasteiger partial charge in [0, 0.05) is 19.7 Å². The monoisotopic (exact) mass is 291 g/mol. The summed E-state index contributed by atoms with van der Waals surface area (Å²) in [6.45, 7) is -0.140. The Hall–Kier alpha value is -1.27. The summed E-state index contributed by atoms with van der Waals surface area (Å²) >= 11 is 0. The predicted octanol–water partition coefficient (Wildman–Crippen LogP) is 2.70. The summed E-state index contributed by atoms with van der Waals surface area (Å²) in [4.78, 5) is 1.30. The minimum Gasteiger partial charge on any atom is -0.494 e. The molecule has 0 saturated heterocycles. The molecule has 0 spiro atoms. The lowest BCUT2D eigenvalue weighted by Crippen LogP contribution is -2.36. The van der Waals surface area contributed by atoms with Crippen LogP contribution in [0.2, 0.25) is 0 Å². The molecule has 114 valence electrons. The summed E-state index contributed by atoms with van der Waals surface area (Å²) in [5, 5.41) is 8.70. The lowest BCUT2D eigenvalue weighted by Gasteiger charge is -2.23. The van der Waals surface area contributed by atoms with Crippen molar-refractivity contribution in [1.82, 2.24) is 4.90 Å². The third kappa shape index (κ3) is 8.01. The second-order valence-electron chi connectivity index (χ2n) is 4.48. The highest BCUT2D eigenvalue weighted by Gasteiger charge is 2.30. The van der Waals surface area contributed by atoms with Gasteiger partial charge in [-0.25, -0.2) is 0 Å². The minimum atomic E-state index is -4.21. The van der Waals surface area contributed by atoms with Crippen LogP contribution >= 0.6 is 0 Å². The summed E-state index contributed by atoms with van der Waals surface area (Å²) in [7, 11) is 0. The normalized spacial score (nSPS) is 11.8. The molecule has 0 aliphatic carbocycles. The topological polar surface area (TPSA) is 32.7 Å². The van der Waals surface area contributed by atoms with Crippen molar-refractivity contribution in [3.8, 4) is 5.75 Å². The van der Waals surface area contributed by atoms with Crippen molar-refractivity contribution in [3.63, 3.8) is 0 Å². The lowest BCUT2D eigenvalue weighted by molar-refractivity contribution is -0.146. The lowest BCUT2D eigenvalue weighted by atomic mass is 10.3. The molecule has 1 N–H and O–H groups in total. The van der Waals surface area contributed by atoms with E-state index in [0.29, 0.717) is 31.7 Å². The van der Waals surface area contributed by atoms with Gasteiger partial charge in [-0.3, -0.25) is 4.90 Å². The van der Waals surface area contributed by atoms with E-state index in [4.69, 9.17) is 9.84 Å². The molecular formula is C14H20F3NO2. The molecule has 0 bridgehead atoms. The van der Waals surface area contributed by atoms with Gasteiger partial charge in [-0.2, -0.15) is 13.2 Å². The molecule has 1 aromatic rings. The second-order valence-corrected chi connectivity index (χ2v) is 4.48. The quantitative estimate of drug-likeness (QED) is 0.710. The maximum atomic E-state index is 12.4. The molecule has 0 heterocycles. The average Bonchev–Trinajstić information content (AvgIpc) is 2.40. The second kappa shape index (κ2) is 8.81. The highest BCUT2D eigenvalue weighted by molar-refractivity contribution is 5.20. The standard InChI is InChI=1S/C14H20F3NO2/c15-14(16,17)12-18(8-4-10-19)9-5-11-20-13-6-2-1-3-7-13/h1-3,6-7,19H,4-5,8-12H2. The molecule has 0 unspecified atom stereocenters. The van der Waals surface area contributed by atoms with Crippen molar-refractivity contribution in [2.24, 2.45) is 0 Å². The fraction of sp³-hybridized carbons (Fsp3) is 0.571. The van der Waals surface area contributed by atoms with E-state index in [1.807, 2.05) is 18.2 Å². The first-order valence-corrected chi connectivity index (χ1v) is 6.59. The smallest absolute Gasteiger partial charge is 0.401 e. The van der Waals surface area contributed by atoms with Crippen molar-refractivity contribution >= 4 is 0 Å². The molecule has 0 radical (unpaired) electrons. The summed E-state index contributed by atoms with van der Waals surface area (Å²) < 4.78 is 42.5. The zero-order chi connectivity index (χ0) is 14.8. The van der Waals surface area contributed by atoms with Crippen molar-refractivity contribution < 1.29 is 23.0 Å². The van der Waals surface area contributed by atoms with Gasteiger partial charge in [0.25, 0.3) is 0 Å². The molecule has 0 aliphatic rings. The molecule has 0 amide bonds. The molecule has 0 saturated carbocycles. The number of benzene rings is 1. The van der Waals surface area contributed by atoms with Crippen LogP contribution < -0.4 is 4.74 Å². The van der Waals surface area contributed by atoms with E-state index in [1.54, 1.807) is 12.1 Å². The van der Waals surface area contributed by atoms with Crippen LogP contribution in [0.5, 0.6) is 5.75 Å². The molecule has 20 heavy (non-hydrogen) atoms. The van der Waals surface area contributed by atoms with E-state index in [1.165, 1.54) is 4.90 Å². The molecule has 3 nitrogen and oxygen atoms in total. The SMILES string of the molecule is OCCCN(CCCOc1ccccc1)CC(F)(F)F. The Kier molecular flexibility index (Phi) is 7.40. The first-order valence-electron chi connectivity index (χ1n) is 6.59. The largest absolute Gasteiger partial charge is 0.494 e. The Labute approximate surface area is 117 Å². The van der Waals surface area contributed by atoms with E-state index in [2.05, 4.69) is 0 Å². The highest BCUT2D eigenvalue weighted by Crippen LogP contribution is 2.17. The Bertz CT molecular complexity index is 357. The van der Waals surface area contributed by atoms with Crippen LogP contribution in [0, 0.1) is 0 Å². The predicted molar refractivity (Wildman–Crippen MR) is 70.8 cm³/mol. The Balaban J connectivity index is 2.27. The van der Waals surface area contributed by atoms with Gasteiger partial charge in [-0.15, -0.1) is 0 Å². The molecule has 0 aromatic heterocycles. The maximum Gasteiger partial charge on any atom is 0.401 e. The Morgan fingerprint density at radius 2 is 1.70 bits per heavy atom. The number of alkyl halides is 3. The number of ether oxygens (including phenoxy) is 1. The average molecular weight is 291 g/mol. The van der Waals surface area contributed by atoms with Crippen LogP contribution in [0.25, 0.3) is 0 Å². The van der Waals surface area contributed by atoms with E-state index < -0.39 is 12.7 Å². The molecule has 0 atom stereocenters. The zero-order valence-corrected chi connectivity index (χ0v) is 11.3. The molecule has 1 rings (SSSR count). The fourth-order valence-electron chi connectivity index (χ4n) is 1.81. The van der Waals surface area contributed by atoms with E-state index in [-0.39, 0.29) is 13.2 Å². The number of aliphatic hydroxyl groups is 1. The first kappa shape index (κ1) is 16.8. The maximum absolute atomic E-state index is 12.4. The van der Waals surface area contributed by atoms with Gasteiger partial charge in [0.2, 0.25) is 0 Å². The number of hydrogen-bond donors (Lipinski definition) is 1. The molecular weight excluding hydrogens is 271 g/mol. The minimum absolute atomic E-state index is 0.102. The molecule has 6 heteroatoms. The van der Waals surface area contributed by atoms with Crippen LogP contribution in [0.15, 0.2) is 30.3 Å². The van der Waals surface area contributed by atoms with Gasteiger partial charge in [-0.05, 0) is 25.0 Å². The number of aliphatic hydroxyl groups excluding tert-OH is 1. The molecule has 1 aromatic carbocycles. The van der Waals surface area contributed by atoms with E-state index >= 15 is 0 Å². The zero-order valence-electron chi connectivity index (χ0n) is 11.3. The highest BCUT2D eigenvalue weighted by atomic mass is 19.4.